The van der Waals surface area contributed by atoms with Crippen LogP contribution in [0.2, 0.25) is 0 Å². The summed E-state index contributed by atoms with van der Waals surface area (Å²) in [5.74, 6) is -0.254. The Morgan fingerprint density at radius 1 is 1.24 bits per heavy atom. The molecule has 0 radical (unpaired) electrons. The molecule has 2 fully saturated rings. The Labute approximate surface area is 104 Å². The van der Waals surface area contributed by atoms with Gasteiger partial charge in [-0.3, -0.25) is 4.79 Å². The number of carbonyl (C=O) groups is 1. The molecule has 17 heavy (non-hydrogen) atoms. The van der Waals surface area contributed by atoms with Gasteiger partial charge in [-0.1, -0.05) is 20.3 Å². The lowest BCUT2D eigenvalue weighted by Crippen LogP contribution is -2.46. The summed E-state index contributed by atoms with van der Waals surface area (Å²) >= 11 is 0. The Hall–Kier alpha value is -0.570. The molecule has 1 aliphatic heterocycles. The smallest absolute Gasteiger partial charge is 0.310 e. The zero-order valence-electron chi connectivity index (χ0n) is 11.0. The van der Waals surface area contributed by atoms with Crippen molar-refractivity contribution in [2.24, 2.45) is 16.7 Å². The van der Waals surface area contributed by atoms with Gasteiger partial charge in [0.05, 0.1) is 5.41 Å². The standard InChI is InChI=1S/C14H24O3/c1-13(2)5-3-4-11(10-13)14(12(15)16)6-8-17-9-7-14/h11H,3-10H2,1-2H3,(H,15,16). The molecule has 0 aromatic rings. The first kappa shape index (κ1) is 12.9. The molecule has 1 N–H and O–H groups in total. The zero-order chi connectivity index (χ0) is 12.5. The van der Waals surface area contributed by atoms with Crippen LogP contribution in [0.25, 0.3) is 0 Å². The minimum absolute atomic E-state index is 0.309. The fraction of sp³-hybridized carbons (Fsp3) is 0.929. The van der Waals surface area contributed by atoms with Gasteiger partial charge < -0.3 is 9.84 Å². The molecule has 1 unspecified atom stereocenters. The first-order chi connectivity index (χ1) is 7.96. The summed E-state index contributed by atoms with van der Waals surface area (Å²) in [5.41, 5.74) is -0.195. The van der Waals surface area contributed by atoms with Crippen molar-refractivity contribution in [3.8, 4) is 0 Å². The highest BCUT2D eigenvalue weighted by Gasteiger charge is 2.49. The number of hydrogen-bond donors (Lipinski definition) is 1. The highest BCUT2D eigenvalue weighted by molar-refractivity contribution is 5.75. The Balaban J connectivity index is 2.18. The summed E-state index contributed by atoms with van der Waals surface area (Å²) in [6.45, 7) is 5.77. The molecule has 0 aromatic carbocycles. The molecular weight excluding hydrogens is 216 g/mol. The number of rotatable bonds is 2. The summed E-state index contributed by atoms with van der Waals surface area (Å²) in [6, 6.07) is 0. The molecule has 1 saturated carbocycles. The minimum Gasteiger partial charge on any atom is -0.481 e. The Bertz CT molecular complexity index is 290. The molecule has 0 bridgehead atoms. The van der Waals surface area contributed by atoms with Crippen LogP contribution in [0.4, 0.5) is 0 Å². The predicted molar refractivity (Wildman–Crippen MR) is 65.9 cm³/mol. The lowest BCUT2D eigenvalue weighted by molar-refractivity contribution is -0.163. The molecule has 1 saturated heterocycles. The lowest BCUT2D eigenvalue weighted by Gasteiger charge is -2.46. The van der Waals surface area contributed by atoms with Crippen LogP contribution in [0, 0.1) is 16.7 Å². The third-order valence-corrected chi connectivity index (χ3v) is 4.80. The summed E-state index contributed by atoms with van der Waals surface area (Å²) in [5, 5.41) is 9.66. The molecule has 0 spiro atoms. The quantitative estimate of drug-likeness (QED) is 0.806. The highest BCUT2D eigenvalue weighted by atomic mass is 16.5. The van der Waals surface area contributed by atoms with Crippen molar-refractivity contribution in [2.75, 3.05) is 13.2 Å². The number of hydrogen-bond acceptors (Lipinski definition) is 2. The summed E-state index contributed by atoms with van der Waals surface area (Å²) in [4.78, 5) is 11.7. The van der Waals surface area contributed by atoms with Gasteiger partial charge in [-0.15, -0.1) is 0 Å². The average molecular weight is 240 g/mol. The van der Waals surface area contributed by atoms with Gasteiger partial charge in [0.1, 0.15) is 0 Å². The van der Waals surface area contributed by atoms with Crippen molar-refractivity contribution in [3.05, 3.63) is 0 Å². The van der Waals surface area contributed by atoms with E-state index in [0.29, 0.717) is 37.4 Å². The van der Waals surface area contributed by atoms with E-state index >= 15 is 0 Å². The summed E-state index contributed by atoms with van der Waals surface area (Å²) < 4.78 is 5.35. The van der Waals surface area contributed by atoms with Gasteiger partial charge >= 0.3 is 5.97 Å². The highest BCUT2D eigenvalue weighted by Crippen LogP contribution is 2.50. The van der Waals surface area contributed by atoms with Crippen LogP contribution >= 0.6 is 0 Å². The molecule has 2 rings (SSSR count). The maximum absolute atomic E-state index is 11.7. The Morgan fingerprint density at radius 2 is 1.88 bits per heavy atom. The number of ether oxygens (including phenoxy) is 1. The zero-order valence-corrected chi connectivity index (χ0v) is 11.0. The van der Waals surface area contributed by atoms with E-state index in [1.807, 2.05) is 0 Å². The van der Waals surface area contributed by atoms with Gasteiger partial charge in [-0.25, -0.2) is 0 Å². The predicted octanol–water partition coefficient (Wildman–Crippen LogP) is 3.08. The van der Waals surface area contributed by atoms with Gasteiger partial charge in [0.25, 0.3) is 0 Å². The van der Waals surface area contributed by atoms with Gasteiger partial charge in [0.2, 0.25) is 0 Å². The molecule has 3 nitrogen and oxygen atoms in total. The van der Waals surface area contributed by atoms with Gasteiger partial charge in [-0.2, -0.15) is 0 Å². The molecule has 1 heterocycles. The molecule has 98 valence electrons. The fourth-order valence-electron chi connectivity index (χ4n) is 3.70. The summed E-state index contributed by atoms with van der Waals surface area (Å²) in [7, 11) is 0. The van der Waals surface area contributed by atoms with Crippen LogP contribution < -0.4 is 0 Å². The van der Waals surface area contributed by atoms with E-state index in [0.717, 1.165) is 12.8 Å². The van der Waals surface area contributed by atoms with Gasteiger partial charge in [0, 0.05) is 13.2 Å². The van der Waals surface area contributed by atoms with Crippen LogP contribution in [0.1, 0.15) is 52.4 Å². The fourth-order valence-corrected chi connectivity index (χ4v) is 3.70. The van der Waals surface area contributed by atoms with Crippen molar-refractivity contribution in [2.45, 2.75) is 52.4 Å². The third kappa shape index (κ3) is 2.49. The molecule has 3 heteroatoms. The van der Waals surface area contributed by atoms with E-state index in [-0.39, 0.29) is 0 Å². The minimum atomic E-state index is -0.594. The van der Waals surface area contributed by atoms with Crippen LogP contribution in [0.15, 0.2) is 0 Å². The van der Waals surface area contributed by atoms with E-state index in [4.69, 9.17) is 4.74 Å². The lowest BCUT2D eigenvalue weighted by atomic mass is 9.59. The van der Waals surface area contributed by atoms with Crippen LogP contribution in [0.5, 0.6) is 0 Å². The van der Waals surface area contributed by atoms with Crippen LogP contribution in [-0.4, -0.2) is 24.3 Å². The van der Waals surface area contributed by atoms with Gasteiger partial charge in [-0.05, 0) is 43.4 Å². The topological polar surface area (TPSA) is 46.5 Å². The summed E-state index contributed by atoms with van der Waals surface area (Å²) in [6.07, 6.45) is 5.93. The van der Waals surface area contributed by atoms with E-state index < -0.39 is 11.4 Å². The van der Waals surface area contributed by atoms with Crippen LogP contribution in [-0.2, 0) is 9.53 Å². The van der Waals surface area contributed by atoms with Crippen molar-refractivity contribution < 1.29 is 14.6 Å². The van der Waals surface area contributed by atoms with Crippen molar-refractivity contribution in [1.29, 1.82) is 0 Å². The average Bonchev–Trinajstić information content (AvgIpc) is 2.28. The van der Waals surface area contributed by atoms with Crippen LogP contribution in [0.3, 0.4) is 0 Å². The number of aliphatic carboxylic acids is 1. The second-order valence-electron chi connectivity index (χ2n) is 6.53. The maximum atomic E-state index is 11.7. The molecule has 0 amide bonds. The molecular formula is C14H24O3. The Morgan fingerprint density at radius 3 is 2.41 bits per heavy atom. The van der Waals surface area contributed by atoms with E-state index in [1.165, 1.54) is 12.8 Å². The second kappa shape index (κ2) is 4.60. The van der Waals surface area contributed by atoms with E-state index in [9.17, 15) is 9.90 Å². The molecule has 2 aliphatic rings. The maximum Gasteiger partial charge on any atom is 0.310 e. The second-order valence-corrected chi connectivity index (χ2v) is 6.53. The first-order valence-corrected chi connectivity index (χ1v) is 6.77. The number of carboxylic acids is 1. The molecule has 1 atom stereocenters. The molecule has 1 aliphatic carbocycles. The molecule has 0 aromatic heterocycles. The number of carboxylic acid groups (broad SMARTS) is 1. The normalized spacial score (nSPS) is 32.0. The third-order valence-electron chi connectivity index (χ3n) is 4.80. The monoisotopic (exact) mass is 240 g/mol. The Kier molecular flexibility index (Phi) is 3.48. The largest absolute Gasteiger partial charge is 0.481 e. The van der Waals surface area contributed by atoms with E-state index in [1.54, 1.807) is 0 Å². The van der Waals surface area contributed by atoms with Crippen molar-refractivity contribution >= 4 is 5.97 Å². The first-order valence-electron chi connectivity index (χ1n) is 6.77. The van der Waals surface area contributed by atoms with Gasteiger partial charge in [0.15, 0.2) is 0 Å². The van der Waals surface area contributed by atoms with E-state index in [2.05, 4.69) is 13.8 Å². The van der Waals surface area contributed by atoms with Crippen molar-refractivity contribution in [1.82, 2.24) is 0 Å². The SMILES string of the molecule is CC1(C)CCCC(C2(C(=O)O)CCOCC2)C1. The van der Waals surface area contributed by atoms with Crippen molar-refractivity contribution in [3.63, 3.8) is 0 Å².